The molecule has 1 N–H and O–H groups in total. The van der Waals surface area contributed by atoms with Crippen LogP contribution in [0.1, 0.15) is 33.6 Å². The van der Waals surface area contributed by atoms with E-state index >= 15 is 0 Å². The normalized spacial score (nSPS) is 15.6. The first kappa shape index (κ1) is 16.4. The Hall–Kier alpha value is -0.620. The summed E-state index contributed by atoms with van der Waals surface area (Å²) in [6.07, 6.45) is 2.51. The van der Waals surface area contributed by atoms with Crippen LogP contribution in [0.4, 0.5) is 0 Å². The molecule has 1 amide bonds. The molecule has 0 radical (unpaired) electrons. The van der Waals surface area contributed by atoms with Gasteiger partial charge < -0.3 is 5.32 Å². The minimum absolute atomic E-state index is 0.0221. The van der Waals surface area contributed by atoms with Crippen molar-refractivity contribution in [3.8, 4) is 0 Å². The number of nitrogens with one attached hydrogen (secondary N) is 1. The Bertz CT molecular complexity index is 341. The monoisotopic (exact) mass is 264 g/mol. The Kier molecular flexibility index (Phi) is 6.70. The number of sulfonamides is 1. The highest BCUT2D eigenvalue weighted by molar-refractivity contribution is 7.88. The van der Waals surface area contributed by atoms with Gasteiger partial charge in [0, 0.05) is 26.1 Å². The minimum atomic E-state index is -3.15. The predicted octanol–water partition coefficient (Wildman–Crippen LogP) is 0.819. The van der Waals surface area contributed by atoms with Crippen molar-refractivity contribution in [2.75, 3.05) is 19.8 Å². The molecule has 0 saturated heterocycles. The van der Waals surface area contributed by atoms with E-state index in [1.807, 2.05) is 20.8 Å². The lowest BCUT2D eigenvalue weighted by atomic mass is 10.0. The van der Waals surface area contributed by atoms with Crippen LogP contribution in [0.15, 0.2) is 0 Å². The molecule has 0 aliphatic rings. The van der Waals surface area contributed by atoms with Crippen LogP contribution in [0.2, 0.25) is 0 Å². The van der Waals surface area contributed by atoms with Gasteiger partial charge in [0.25, 0.3) is 0 Å². The number of amides is 1. The molecule has 0 fully saturated rings. The number of hydrogen-bond acceptors (Lipinski definition) is 3. The fraction of sp³-hybridized carbons (Fsp3) is 0.909. The molecule has 0 aliphatic carbocycles. The van der Waals surface area contributed by atoms with Crippen molar-refractivity contribution in [3.63, 3.8) is 0 Å². The molecule has 0 rings (SSSR count). The lowest BCUT2D eigenvalue weighted by molar-refractivity contribution is -0.122. The SMILES string of the molecule is CCCC(=O)NC(C)C(C)CN(C)S(C)(=O)=O. The quantitative estimate of drug-likeness (QED) is 0.740. The lowest BCUT2D eigenvalue weighted by Gasteiger charge is -2.25. The van der Waals surface area contributed by atoms with Gasteiger partial charge in [-0.15, -0.1) is 0 Å². The highest BCUT2D eigenvalue weighted by atomic mass is 32.2. The zero-order valence-corrected chi connectivity index (χ0v) is 12.2. The summed E-state index contributed by atoms with van der Waals surface area (Å²) in [5.74, 6) is 0.101. The zero-order valence-electron chi connectivity index (χ0n) is 11.4. The molecule has 2 atom stereocenters. The van der Waals surface area contributed by atoms with Crippen LogP contribution in [-0.2, 0) is 14.8 Å². The van der Waals surface area contributed by atoms with Gasteiger partial charge in [-0.05, 0) is 19.3 Å². The molecule has 0 aliphatic heterocycles. The number of nitrogens with zero attached hydrogens (tertiary/aromatic N) is 1. The van der Waals surface area contributed by atoms with Gasteiger partial charge in [-0.3, -0.25) is 4.79 Å². The first-order chi connectivity index (χ1) is 7.68. The summed E-state index contributed by atoms with van der Waals surface area (Å²) < 4.78 is 23.8. The molecule has 0 aromatic carbocycles. The van der Waals surface area contributed by atoms with Gasteiger partial charge in [-0.2, -0.15) is 0 Å². The van der Waals surface area contributed by atoms with E-state index in [1.165, 1.54) is 10.6 Å². The van der Waals surface area contributed by atoms with Gasteiger partial charge in [0.05, 0.1) is 6.26 Å². The van der Waals surface area contributed by atoms with Gasteiger partial charge >= 0.3 is 0 Å². The molecule has 5 nitrogen and oxygen atoms in total. The average molecular weight is 264 g/mol. The van der Waals surface area contributed by atoms with Crippen molar-refractivity contribution in [2.24, 2.45) is 5.92 Å². The molecule has 0 saturated carbocycles. The van der Waals surface area contributed by atoms with Crippen molar-refractivity contribution in [1.82, 2.24) is 9.62 Å². The molecule has 6 heteroatoms. The van der Waals surface area contributed by atoms with Crippen LogP contribution in [0.3, 0.4) is 0 Å². The Labute approximate surface area is 105 Å². The average Bonchev–Trinajstić information content (AvgIpc) is 2.16. The Morgan fingerprint density at radius 3 is 2.29 bits per heavy atom. The summed E-state index contributed by atoms with van der Waals surface area (Å²) in [5, 5.41) is 2.88. The second-order valence-corrected chi connectivity index (χ2v) is 6.72. The third-order valence-electron chi connectivity index (χ3n) is 2.83. The summed E-state index contributed by atoms with van der Waals surface area (Å²) in [6, 6.07) is -0.0294. The summed E-state index contributed by atoms with van der Waals surface area (Å²) in [5.41, 5.74) is 0. The second-order valence-electron chi connectivity index (χ2n) is 4.63. The van der Waals surface area contributed by atoms with Crippen molar-refractivity contribution in [1.29, 1.82) is 0 Å². The van der Waals surface area contributed by atoms with Crippen molar-refractivity contribution in [3.05, 3.63) is 0 Å². The van der Waals surface area contributed by atoms with Crippen LogP contribution >= 0.6 is 0 Å². The molecule has 17 heavy (non-hydrogen) atoms. The Morgan fingerprint density at radius 1 is 1.35 bits per heavy atom. The molecular formula is C11H24N2O3S. The van der Waals surface area contributed by atoms with Crippen LogP contribution in [0.25, 0.3) is 0 Å². The topological polar surface area (TPSA) is 66.5 Å². The maximum Gasteiger partial charge on any atom is 0.220 e. The molecule has 2 unspecified atom stereocenters. The summed E-state index contributed by atoms with van der Waals surface area (Å²) in [7, 11) is -1.60. The number of hydrogen-bond donors (Lipinski definition) is 1. The van der Waals surface area contributed by atoms with Crippen molar-refractivity contribution in [2.45, 2.75) is 39.7 Å². The maximum absolute atomic E-state index is 11.4. The van der Waals surface area contributed by atoms with E-state index in [0.29, 0.717) is 13.0 Å². The summed E-state index contributed by atoms with van der Waals surface area (Å²) >= 11 is 0. The molecule has 0 bridgehead atoms. The van der Waals surface area contributed by atoms with Gasteiger partial charge in [0.1, 0.15) is 0 Å². The molecule has 102 valence electrons. The van der Waals surface area contributed by atoms with E-state index in [-0.39, 0.29) is 17.9 Å². The summed E-state index contributed by atoms with van der Waals surface area (Å²) in [4.78, 5) is 11.4. The smallest absolute Gasteiger partial charge is 0.220 e. The Balaban J connectivity index is 4.23. The van der Waals surface area contributed by atoms with E-state index < -0.39 is 10.0 Å². The van der Waals surface area contributed by atoms with Crippen LogP contribution in [0, 0.1) is 5.92 Å². The van der Waals surface area contributed by atoms with Crippen molar-refractivity contribution < 1.29 is 13.2 Å². The van der Waals surface area contributed by atoms with Crippen LogP contribution in [0.5, 0.6) is 0 Å². The van der Waals surface area contributed by atoms with E-state index in [2.05, 4.69) is 5.32 Å². The van der Waals surface area contributed by atoms with Gasteiger partial charge in [0.2, 0.25) is 15.9 Å². The first-order valence-electron chi connectivity index (χ1n) is 5.89. The largest absolute Gasteiger partial charge is 0.353 e. The first-order valence-corrected chi connectivity index (χ1v) is 7.74. The number of carbonyl (C=O) groups is 1. The minimum Gasteiger partial charge on any atom is -0.353 e. The summed E-state index contributed by atoms with van der Waals surface area (Å²) in [6.45, 7) is 6.18. The maximum atomic E-state index is 11.4. The van der Waals surface area contributed by atoms with Crippen molar-refractivity contribution >= 4 is 15.9 Å². The van der Waals surface area contributed by atoms with Gasteiger partial charge in [0.15, 0.2) is 0 Å². The van der Waals surface area contributed by atoms with E-state index in [9.17, 15) is 13.2 Å². The zero-order chi connectivity index (χ0) is 13.6. The fourth-order valence-electron chi connectivity index (χ4n) is 1.39. The third kappa shape index (κ3) is 6.63. The molecule has 0 aromatic rings. The van der Waals surface area contributed by atoms with Crippen LogP contribution in [-0.4, -0.2) is 44.5 Å². The molecule has 0 spiro atoms. The standard InChI is InChI=1S/C11H24N2O3S/c1-6-7-11(14)12-10(3)9(2)8-13(4)17(5,15)16/h9-10H,6-8H2,1-5H3,(H,12,14). The third-order valence-corrected chi connectivity index (χ3v) is 4.11. The van der Waals surface area contributed by atoms with E-state index in [1.54, 1.807) is 7.05 Å². The van der Waals surface area contributed by atoms with Gasteiger partial charge in [-0.1, -0.05) is 13.8 Å². The number of carbonyl (C=O) groups excluding carboxylic acids is 1. The van der Waals surface area contributed by atoms with Crippen LogP contribution < -0.4 is 5.32 Å². The molecular weight excluding hydrogens is 240 g/mol. The van der Waals surface area contributed by atoms with E-state index in [4.69, 9.17) is 0 Å². The van der Waals surface area contributed by atoms with Gasteiger partial charge in [-0.25, -0.2) is 12.7 Å². The van der Waals surface area contributed by atoms with E-state index in [0.717, 1.165) is 6.42 Å². The highest BCUT2D eigenvalue weighted by Crippen LogP contribution is 2.07. The fourth-order valence-corrected chi connectivity index (χ4v) is 1.90. The molecule has 0 heterocycles. The Morgan fingerprint density at radius 2 is 1.88 bits per heavy atom. The highest BCUT2D eigenvalue weighted by Gasteiger charge is 2.20. The predicted molar refractivity (Wildman–Crippen MR) is 69.2 cm³/mol. The second kappa shape index (κ2) is 6.96. The lowest BCUT2D eigenvalue weighted by Crippen LogP contribution is -2.42. The molecule has 0 aromatic heterocycles. The number of rotatable bonds is 7.